The summed E-state index contributed by atoms with van der Waals surface area (Å²) in [5.74, 6) is -0.648. The summed E-state index contributed by atoms with van der Waals surface area (Å²) in [6, 6.07) is 9.75. The second kappa shape index (κ2) is 8.34. The molecule has 0 radical (unpaired) electrons. The zero-order chi connectivity index (χ0) is 17.6. The van der Waals surface area contributed by atoms with Crippen LogP contribution in [0.2, 0.25) is 0 Å². The van der Waals surface area contributed by atoms with Gasteiger partial charge in [-0.1, -0.05) is 55.2 Å². The van der Waals surface area contributed by atoms with Crippen molar-refractivity contribution in [2.75, 3.05) is 10.6 Å². The van der Waals surface area contributed by atoms with Crippen molar-refractivity contribution in [1.29, 1.82) is 0 Å². The minimum Gasteiger partial charge on any atom is -0.492 e. The van der Waals surface area contributed by atoms with Gasteiger partial charge >= 0.3 is 0 Å². The number of anilines is 2. The molecule has 25 heavy (non-hydrogen) atoms. The smallest absolute Gasteiger partial charge is 0.232 e. The molecule has 1 aromatic heterocycles. The van der Waals surface area contributed by atoms with Crippen LogP contribution >= 0.6 is 11.3 Å². The van der Waals surface area contributed by atoms with Crippen molar-refractivity contribution in [3.05, 3.63) is 35.2 Å². The Balaban J connectivity index is 1.65. The second-order valence-electron chi connectivity index (χ2n) is 6.62. The molecule has 2 aromatic rings. The van der Waals surface area contributed by atoms with Gasteiger partial charge in [-0.2, -0.15) is 4.98 Å². The average Bonchev–Trinajstić information content (AvgIpc) is 2.81. The molecule has 1 aliphatic carbocycles. The van der Waals surface area contributed by atoms with Crippen LogP contribution in [0.5, 0.6) is 5.88 Å². The molecular weight excluding hydrogens is 334 g/mol. The summed E-state index contributed by atoms with van der Waals surface area (Å²) in [6.07, 6.45) is 7.33. The van der Waals surface area contributed by atoms with Gasteiger partial charge in [0.1, 0.15) is 0 Å². The lowest BCUT2D eigenvalue weighted by atomic mass is 10.1. The van der Waals surface area contributed by atoms with E-state index in [1.54, 1.807) is 6.92 Å². The first-order chi connectivity index (χ1) is 12.1. The van der Waals surface area contributed by atoms with Crippen molar-refractivity contribution >= 4 is 28.1 Å². The number of nitrogens with one attached hydrogen (secondary N) is 2. The molecule has 1 fully saturated rings. The number of carbonyl (C=O) groups is 1. The minimum atomic E-state index is -0.456. The normalized spacial score (nSPS) is 16.8. The summed E-state index contributed by atoms with van der Waals surface area (Å²) >= 11 is 1.37. The number of para-hydroxylation sites is 1. The first-order valence-corrected chi connectivity index (χ1v) is 9.77. The van der Waals surface area contributed by atoms with Crippen LogP contribution in [0.15, 0.2) is 30.3 Å². The molecule has 0 bridgehead atoms. The monoisotopic (exact) mass is 359 g/mol. The molecule has 6 heteroatoms. The molecule has 1 heterocycles. The molecule has 1 aromatic carbocycles. The molecule has 0 saturated heterocycles. The molecule has 1 unspecified atom stereocenters. The molecule has 1 atom stereocenters. The Hall–Kier alpha value is -2.08. The highest BCUT2D eigenvalue weighted by Gasteiger charge is 2.24. The van der Waals surface area contributed by atoms with Gasteiger partial charge in [-0.05, 0) is 31.9 Å². The first-order valence-electron chi connectivity index (χ1n) is 8.95. The molecular formula is C19H25N3O2S. The summed E-state index contributed by atoms with van der Waals surface area (Å²) in [5, 5.41) is 17.2. The highest BCUT2D eigenvalue weighted by Crippen LogP contribution is 2.36. The predicted molar refractivity (Wildman–Crippen MR) is 102 cm³/mol. The van der Waals surface area contributed by atoms with Crippen LogP contribution < -0.4 is 10.6 Å². The second-order valence-corrected chi connectivity index (χ2v) is 7.65. The van der Waals surface area contributed by atoms with Crippen molar-refractivity contribution < 1.29 is 9.90 Å². The largest absolute Gasteiger partial charge is 0.492 e. The van der Waals surface area contributed by atoms with E-state index in [0.29, 0.717) is 16.1 Å². The van der Waals surface area contributed by atoms with Crippen molar-refractivity contribution in [3.8, 4) is 5.88 Å². The maximum absolute atomic E-state index is 12.4. The Morgan fingerprint density at radius 3 is 2.56 bits per heavy atom. The van der Waals surface area contributed by atoms with E-state index in [4.69, 9.17) is 0 Å². The Labute approximate surface area is 152 Å². The number of hydrogen-bond acceptors (Lipinski definition) is 5. The quantitative estimate of drug-likeness (QED) is 0.675. The van der Waals surface area contributed by atoms with E-state index >= 15 is 0 Å². The Kier molecular flexibility index (Phi) is 5.91. The number of carbonyl (C=O) groups excluding carboxylic acids is 1. The predicted octanol–water partition coefficient (Wildman–Crippen LogP) is 4.73. The summed E-state index contributed by atoms with van der Waals surface area (Å²) in [7, 11) is 0. The van der Waals surface area contributed by atoms with E-state index in [-0.39, 0.29) is 11.8 Å². The van der Waals surface area contributed by atoms with Gasteiger partial charge in [-0.3, -0.25) is 4.79 Å². The number of nitrogens with zero attached hydrogens (tertiary/aromatic N) is 1. The lowest BCUT2D eigenvalue weighted by Crippen LogP contribution is -2.18. The van der Waals surface area contributed by atoms with Crippen LogP contribution in [0.25, 0.3) is 0 Å². The molecule has 1 saturated carbocycles. The van der Waals surface area contributed by atoms with Gasteiger partial charge < -0.3 is 15.7 Å². The fourth-order valence-corrected chi connectivity index (χ4v) is 4.14. The van der Waals surface area contributed by atoms with Crippen molar-refractivity contribution in [2.45, 2.75) is 57.4 Å². The average molecular weight is 359 g/mol. The van der Waals surface area contributed by atoms with Gasteiger partial charge in [-0.15, -0.1) is 0 Å². The lowest BCUT2D eigenvalue weighted by Gasteiger charge is -2.14. The van der Waals surface area contributed by atoms with Crippen molar-refractivity contribution in [1.82, 2.24) is 4.98 Å². The molecule has 134 valence electrons. The van der Waals surface area contributed by atoms with Gasteiger partial charge in [-0.25, -0.2) is 0 Å². The zero-order valence-electron chi connectivity index (χ0n) is 14.5. The van der Waals surface area contributed by atoms with Gasteiger partial charge in [0.25, 0.3) is 0 Å². The van der Waals surface area contributed by atoms with Gasteiger partial charge in [0.05, 0.1) is 10.8 Å². The maximum atomic E-state index is 12.4. The van der Waals surface area contributed by atoms with Crippen LogP contribution in [0.4, 0.5) is 10.8 Å². The molecule has 5 nitrogen and oxygen atoms in total. The summed E-state index contributed by atoms with van der Waals surface area (Å²) in [5.41, 5.74) is 0.750. The summed E-state index contributed by atoms with van der Waals surface area (Å²) in [6.45, 7) is 1.79. The number of aromatic hydroxyl groups is 1. The number of aromatic nitrogens is 1. The lowest BCUT2D eigenvalue weighted by molar-refractivity contribution is -0.117. The van der Waals surface area contributed by atoms with Crippen LogP contribution in [-0.4, -0.2) is 22.0 Å². The fraction of sp³-hybridized carbons (Fsp3) is 0.474. The van der Waals surface area contributed by atoms with Gasteiger partial charge in [0.2, 0.25) is 11.8 Å². The number of rotatable bonds is 5. The number of hydrogen-bond donors (Lipinski definition) is 3. The third kappa shape index (κ3) is 4.72. The van der Waals surface area contributed by atoms with Crippen LogP contribution in [-0.2, 0) is 4.79 Å². The Bertz CT molecular complexity index is 694. The van der Waals surface area contributed by atoms with Gasteiger partial charge in [0, 0.05) is 11.7 Å². The summed E-state index contributed by atoms with van der Waals surface area (Å²) in [4.78, 5) is 17.3. The molecule has 3 N–H and O–H groups in total. The molecule has 3 rings (SSSR count). The number of amides is 1. The Morgan fingerprint density at radius 1 is 1.20 bits per heavy atom. The summed E-state index contributed by atoms with van der Waals surface area (Å²) < 4.78 is 0. The van der Waals surface area contributed by atoms with E-state index in [1.165, 1.54) is 37.0 Å². The Morgan fingerprint density at radius 2 is 1.88 bits per heavy atom. The highest BCUT2D eigenvalue weighted by atomic mass is 32.1. The van der Waals surface area contributed by atoms with E-state index < -0.39 is 5.92 Å². The third-order valence-electron chi connectivity index (χ3n) is 4.65. The maximum Gasteiger partial charge on any atom is 0.232 e. The van der Waals surface area contributed by atoms with E-state index in [2.05, 4.69) is 15.6 Å². The molecule has 1 aliphatic rings. The number of benzene rings is 1. The van der Waals surface area contributed by atoms with Crippen molar-refractivity contribution in [2.24, 2.45) is 0 Å². The van der Waals surface area contributed by atoms with E-state index in [9.17, 15) is 9.90 Å². The van der Waals surface area contributed by atoms with Crippen LogP contribution in [0.1, 0.15) is 56.2 Å². The zero-order valence-corrected chi connectivity index (χ0v) is 15.3. The van der Waals surface area contributed by atoms with E-state index in [1.807, 2.05) is 30.3 Å². The highest BCUT2D eigenvalue weighted by molar-refractivity contribution is 7.16. The van der Waals surface area contributed by atoms with Crippen molar-refractivity contribution in [3.63, 3.8) is 0 Å². The standard InChI is InChI=1S/C19H25N3O2S/c1-13(17(23)20-14-9-7-4-8-10-14)16-18(24)22-19(25-16)21-15-11-5-2-3-6-12-15/h4,7-10,13,15,24H,2-3,5-6,11-12H2,1H3,(H,20,23)(H,21,22). The SMILES string of the molecule is CC(C(=O)Nc1ccccc1)c1sc(NC2CCCCCC2)nc1O. The molecule has 1 amide bonds. The molecule has 0 spiro atoms. The fourth-order valence-electron chi connectivity index (χ4n) is 3.16. The van der Waals surface area contributed by atoms with Crippen LogP contribution in [0.3, 0.4) is 0 Å². The first kappa shape index (κ1) is 17.7. The number of thiazole rings is 1. The topological polar surface area (TPSA) is 74.2 Å². The minimum absolute atomic E-state index is 0.0446. The third-order valence-corrected chi connectivity index (χ3v) is 5.80. The van der Waals surface area contributed by atoms with E-state index in [0.717, 1.165) is 18.5 Å². The van der Waals surface area contributed by atoms with Crippen LogP contribution in [0, 0.1) is 0 Å². The van der Waals surface area contributed by atoms with Gasteiger partial charge in [0.15, 0.2) is 5.13 Å². The molecule has 0 aliphatic heterocycles.